The van der Waals surface area contributed by atoms with Gasteiger partial charge in [-0.05, 0) is 36.3 Å². The zero-order chi connectivity index (χ0) is 22.6. The lowest BCUT2D eigenvalue weighted by Crippen LogP contribution is -2.33. The van der Waals surface area contributed by atoms with Gasteiger partial charge >= 0.3 is 7.60 Å². The molecule has 3 aliphatic rings. The molecule has 1 saturated carbocycles. The van der Waals surface area contributed by atoms with E-state index in [1.807, 2.05) is 0 Å². The summed E-state index contributed by atoms with van der Waals surface area (Å²) in [7, 11) is -4.35. The van der Waals surface area contributed by atoms with E-state index in [-0.39, 0.29) is 11.9 Å². The van der Waals surface area contributed by atoms with Crippen molar-refractivity contribution in [1.82, 2.24) is 15.0 Å². The third-order valence-electron chi connectivity index (χ3n) is 6.74. The minimum absolute atomic E-state index is 0.0833. The Morgan fingerprint density at radius 3 is 2.62 bits per heavy atom. The lowest BCUT2D eigenvalue weighted by molar-refractivity contribution is -0.0387. The molecule has 0 bridgehead atoms. The summed E-state index contributed by atoms with van der Waals surface area (Å²) in [5, 5.41) is 21.1. The molecular weight excluding hydrogens is 463 g/mol. The van der Waals surface area contributed by atoms with E-state index in [1.54, 1.807) is 6.20 Å². The van der Waals surface area contributed by atoms with Crippen molar-refractivity contribution in [3.05, 3.63) is 17.0 Å². The second kappa shape index (κ2) is 8.48. The largest absolute Gasteiger partial charge is 0.387 e. The van der Waals surface area contributed by atoms with E-state index in [0.29, 0.717) is 28.4 Å². The highest BCUT2D eigenvalue weighted by Crippen LogP contribution is 2.43. The van der Waals surface area contributed by atoms with Crippen LogP contribution in [0, 0.1) is 11.8 Å². The molecule has 176 valence electrons. The number of aromatic nitrogens is 3. The highest BCUT2D eigenvalue weighted by Gasteiger charge is 2.45. The Morgan fingerprint density at radius 1 is 1.22 bits per heavy atom. The number of nitrogens with zero attached hydrogens (tertiary/aromatic N) is 3. The summed E-state index contributed by atoms with van der Waals surface area (Å²) in [6, 6.07) is 0. The summed E-state index contributed by atoms with van der Waals surface area (Å²) in [5.41, 5.74) is 1.72. The van der Waals surface area contributed by atoms with Crippen molar-refractivity contribution in [2.24, 2.45) is 11.8 Å². The summed E-state index contributed by atoms with van der Waals surface area (Å²) >= 11 is 6.25. The third kappa shape index (κ3) is 4.17. The predicted octanol–water partition coefficient (Wildman–Crippen LogP) is 1.16. The molecule has 2 unspecified atom stereocenters. The number of ether oxygens (including phenoxy) is 2. The zero-order valence-electron chi connectivity index (χ0n) is 17.2. The molecule has 5 rings (SSSR count). The Hall–Kier alpha value is -1.30. The number of halogens is 1. The van der Waals surface area contributed by atoms with Gasteiger partial charge in [0, 0.05) is 24.8 Å². The first-order chi connectivity index (χ1) is 15.2. The number of rotatable bonds is 6. The van der Waals surface area contributed by atoms with Gasteiger partial charge in [-0.1, -0.05) is 6.42 Å². The maximum absolute atomic E-state index is 11.0. The van der Waals surface area contributed by atoms with Crippen LogP contribution in [-0.2, 0) is 14.0 Å². The fourth-order valence-corrected chi connectivity index (χ4v) is 5.78. The summed E-state index contributed by atoms with van der Waals surface area (Å²) < 4.78 is 21.7. The lowest BCUT2D eigenvalue weighted by Gasteiger charge is -2.19. The Balaban J connectivity index is 1.39. The van der Waals surface area contributed by atoms with Crippen molar-refractivity contribution >= 4 is 36.0 Å². The summed E-state index contributed by atoms with van der Waals surface area (Å²) in [6.07, 6.45) is 0.147. The molecule has 1 aliphatic carbocycles. The van der Waals surface area contributed by atoms with Crippen LogP contribution in [0.2, 0.25) is 5.28 Å². The van der Waals surface area contributed by atoms with Crippen molar-refractivity contribution in [1.29, 1.82) is 0 Å². The van der Waals surface area contributed by atoms with Crippen LogP contribution in [0.4, 0.5) is 5.82 Å². The van der Waals surface area contributed by atoms with E-state index in [0.717, 1.165) is 18.9 Å². The smallest absolute Gasteiger partial charge is 0.350 e. The fraction of sp³-hybridized carbons (Fsp3) is 0.684. The van der Waals surface area contributed by atoms with Crippen molar-refractivity contribution in [2.75, 3.05) is 30.9 Å². The van der Waals surface area contributed by atoms with E-state index in [4.69, 9.17) is 30.9 Å². The van der Waals surface area contributed by atoms with Crippen molar-refractivity contribution in [3.63, 3.8) is 0 Å². The minimum atomic E-state index is -4.35. The van der Waals surface area contributed by atoms with Crippen LogP contribution in [0.3, 0.4) is 0 Å². The third-order valence-corrected chi connectivity index (χ3v) is 7.43. The molecule has 3 fully saturated rings. The molecule has 11 nitrogen and oxygen atoms in total. The number of hydrogen-bond acceptors (Lipinski definition) is 8. The second-order valence-corrected chi connectivity index (χ2v) is 10.8. The molecule has 13 heteroatoms. The number of aliphatic hydroxyl groups is 2. The van der Waals surface area contributed by atoms with E-state index >= 15 is 0 Å². The van der Waals surface area contributed by atoms with Crippen LogP contribution in [0.1, 0.15) is 30.9 Å². The van der Waals surface area contributed by atoms with Gasteiger partial charge in [-0.25, -0.2) is 4.98 Å². The first kappa shape index (κ1) is 22.5. The standard InChI is InChI=1S/C19H26ClN4O7P/c20-19-22-13-11(17-16(26)15(25)12(31-17)7-30-8-32(27,28)29)4-21-14(13)18(23-19)24-5-9-2-1-3-10(9)6-24/h4,9-10,12,15-17,21,25-26H,1-3,5-8H2,(H2,27,28,29)/t9?,10?,12-,15-,16-,17+/m1/s1. The van der Waals surface area contributed by atoms with Crippen LogP contribution in [0.15, 0.2) is 6.20 Å². The second-order valence-electron chi connectivity index (χ2n) is 8.88. The lowest BCUT2D eigenvalue weighted by atomic mass is 10.0. The van der Waals surface area contributed by atoms with Gasteiger partial charge in [0.25, 0.3) is 0 Å². The van der Waals surface area contributed by atoms with Gasteiger partial charge in [0.15, 0.2) is 5.82 Å². The molecular formula is C19H26ClN4O7P. The summed E-state index contributed by atoms with van der Waals surface area (Å²) in [4.78, 5) is 32.1. The van der Waals surface area contributed by atoms with Crippen LogP contribution < -0.4 is 4.90 Å². The van der Waals surface area contributed by atoms with Gasteiger partial charge < -0.3 is 39.4 Å². The Kier molecular flexibility index (Phi) is 5.96. The minimum Gasteiger partial charge on any atom is -0.387 e. The Morgan fingerprint density at radius 2 is 1.94 bits per heavy atom. The normalized spacial score (nSPS) is 32.8. The average Bonchev–Trinajstić information content (AvgIpc) is 3.46. The van der Waals surface area contributed by atoms with Crippen molar-refractivity contribution < 1.29 is 34.0 Å². The van der Waals surface area contributed by atoms with Crippen molar-refractivity contribution in [2.45, 2.75) is 43.7 Å². The number of hydrogen-bond donors (Lipinski definition) is 5. The Bertz CT molecular complexity index is 1040. The van der Waals surface area contributed by atoms with E-state index in [2.05, 4.69) is 19.9 Å². The molecule has 4 heterocycles. The van der Waals surface area contributed by atoms with Gasteiger partial charge in [-0.3, -0.25) is 4.57 Å². The molecule has 0 radical (unpaired) electrons. The maximum atomic E-state index is 11.0. The first-order valence-corrected chi connectivity index (χ1v) is 12.8. The molecule has 0 spiro atoms. The summed E-state index contributed by atoms with van der Waals surface area (Å²) in [5.74, 6) is 2.05. The molecule has 0 amide bonds. The van der Waals surface area contributed by atoms with Crippen LogP contribution in [0.25, 0.3) is 11.0 Å². The van der Waals surface area contributed by atoms with Gasteiger partial charge in [0.2, 0.25) is 5.28 Å². The van der Waals surface area contributed by atoms with Crippen LogP contribution >= 0.6 is 19.2 Å². The van der Waals surface area contributed by atoms with Gasteiger partial charge in [0.1, 0.15) is 41.8 Å². The predicted molar refractivity (Wildman–Crippen MR) is 114 cm³/mol. The highest BCUT2D eigenvalue weighted by atomic mass is 35.5. The maximum Gasteiger partial charge on any atom is 0.350 e. The number of anilines is 1. The molecule has 2 aliphatic heterocycles. The molecule has 2 aromatic heterocycles. The fourth-order valence-electron chi connectivity index (χ4n) is 5.27. The molecule has 0 aromatic carbocycles. The topological polar surface area (TPSA) is 161 Å². The van der Waals surface area contributed by atoms with Gasteiger partial charge in [-0.2, -0.15) is 4.98 Å². The monoisotopic (exact) mass is 488 g/mol. The molecule has 5 N–H and O–H groups in total. The molecule has 32 heavy (non-hydrogen) atoms. The summed E-state index contributed by atoms with van der Waals surface area (Å²) in [6.45, 7) is 1.56. The number of aromatic amines is 1. The number of aliphatic hydroxyl groups excluding tert-OH is 2. The number of fused-ring (bicyclic) bond motifs is 2. The van der Waals surface area contributed by atoms with E-state index in [1.165, 1.54) is 19.3 Å². The zero-order valence-corrected chi connectivity index (χ0v) is 18.8. The van der Waals surface area contributed by atoms with Crippen molar-refractivity contribution in [3.8, 4) is 0 Å². The van der Waals surface area contributed by atoms with Crippen LogP contribution in [-0.4, -0.2) is 79.3 Å². The molecule has 6 atom stereocenters. The molecule has 2 saturated heterocycles. The van der Waals surface area contributed by atoms with E-state index in [9.17, 15) is 14.8 Å². The van der Waals surface area contributed by atoms with Crippen LogP contribution in [0.5, 0.6) is 0 Å². The highest BCUT2D eigenvalue weighted by molar-refractivity contribution is 7.51. The van der Waals surface area contributed by atoms with E-state index < -0.39 is 38.4 Å². The quantitative estimate of drug-likeness (QED) is 0.294. The van der Waals surface area contributed by atoms with Gasteiger partial charge in [0.05, 0.1) is 6.61 Å². The van der Waals surface area contributed by atoms with Gasteiger partial charge in [-0.15, -0.1) is 0 Å². The molecule has 2 aromatic rings. The SMILES string of the molecule is O=P(O)(O)COC[C@H]1O[C@@H](c2c[nH]c3c(N4CC5CCCC5C4)nc(Cl)nc23)[C@H](O)[C@@H]1O. The average molecular weight is 489 g/mol. The Labute approximate surface area is 188 Å². The first-order valence-electron chi connectivity index (χ1n) is 10.6. The number of nitrogens with one attached hydrogen (secondary N) is 1. The number of H-pyrrole nitrogens is 1.